The van der Waals surface area contributed by atoms with Gasteiger partial charge in [0.05, 0.1) is 23.1 Å². The average molecular weight is 417 g/mol. The van der Waals surface area contributed by atoms with Crippen LogP contribution in [0.2, 0.25) is 0 Å². The molecule has 0 saturated heterocycles. The number of benzene rings is 2. The maximum Gasteiger partial charge on any atom is 0.262 e. The SMILES string of the molecule is Cc1ccc(N=Nc2cc(C)ccc2NC(=O)Cn2cnc3sccc3c2=O)cc1. The minimum absolute atomic E-state index is 0.139. The molecule has 2 heterocycles. The number of nitrogens with zero attached hydrogens (tertiary/aromatic N) is 4. The zero-order chi connectivity index (χ0) is 21.1. The van der Waals surface area contributed by atoms with Gasteiger partial charge in [-0.15, -0.1) is 16.5 Å². The van der Waals surface area contributed by atoms with E-state index in [0.29, 0.717) is 21.6 Å². The molecule has 1 N–H and O–H groups in total. The summed E-state index contributed by atoms with van der Waals surface area (Å²) in [6.07, 6.45) is 1.40. The Morgan fingerprint density at radius 2 is 1.83 bits per heavy atom. The quantitative estimate of drug-likeness (QED) is 0.457. The molecule has 7 nitrogen and oxygen atoms in total. The number of rotatable bonds is 5. The monoisotopic (exact) mass is 417 g/mol. The summed E-state index contributed by atoms with van der Waals surface area (Å²) in [5.41, 5.74) is 3.69. The van der Waals surface area contributed by atoms with Crippen molar-refractivity contribution in [2.75, 3.05) is 5.32 Å². The highest BCUT2D eigenvalue weighted by Crippen LogP contribution is 2.28. The zero-order valence-electron chi connectivity index (χ0n) is 16.5. The van der Waals surface area contributed by atoms with Crippen LogP contribution >= 0.6 is 11.3 Å². The van der Waals surface area contributed by atoms with Gasteiger partial charge in [-0.3, -0.25) is 14.2 Å². The van der Waals surface area contributed by atoms with Crippen molar-refractivity contribution in [1.29, 1.82) is 0 Å². The molecule has 2 aromatic carbocycles. The Morgan fingerprint density at radius 1 is 1.07 bits per heavy atom. The van der Waals surface area contributed by atoms with Gasteiger partial charge in [-0.2, -0.15) is 5.11 Å². The van der Waals surface area contributed by atoms with Gasteiger partial charge in [-0.05, 0) is 55.1 Å². The lowest BCUT2D eigenvalue weighted by Crippen LogP contribution is -2.27. The second-order valence-electron chi connectivity index (χ2n) is 6.92. The first-order chi connectivity index (χ1) is 14.5. The number of carbonyl (C=O) groups is 1. The highest BCUT2D eigenvalue weighted by Gasteiger charge is 2.11. The van der Waals surface area contributed by atoms with Gasteiger partial charge in [0.25, 0.3) is 5.56 Å². The van der Waals surface area contributed by atoms with Gasteiger partial charge < -0.3 is 5.32 Å². The van der Waals surface area contributed by atoms with Crippen LogP contribution in [-0.2, 0) is 11.3 Å². The summed E-state index contributed by atoms with van der Waals surface area (Å²) in [5, 5.41) is 13.7. The lowest BCUT2D eigenvalue weighted by molar-refractivity contribution is -0.116. The summed E-state index contributed by atoms with van der Waals surface area (Å²) < 4.78 is 1.30. The molecular weight excluding hydrogens is 398 g/mol. The average Bonchev–Trinajstić information content (AvgIpc) is 3.21. The van der Waals surface area contributed by atoms with E-state index < -0.39 is 0 Å². The van der Waals surface area contributed by atoms with Crippen molar-refractivity contribution >= 4 is 44.5 Å². The molecule has 4 rings (SSSR count). The summed E-state index contributed by atoms with van der Waals surface area (Å²) in [5.74, 6) is -0.343. The zero-order valence-corrected chi connectivity index (χ0v) is 17.3. The Kier molecular flexibility index (Phi) is 5.49. The van der Waals surface area contributed by atoms with Gasteiger partial charge in [0, 0.05) is 0 Å². The number of amides is 1. The summed E-state index contributed by atoms with van der Waals surface area (Å²) in [6.45, 7) is 3.81. The first-order valence-electron chi connectivity index (χ1n) is 9.31. The summed E-state index contributed by atoms with van der Waals surface area (Å²) >= 11 is 1.39. The van der Waals surface area contributed by atoms with Gasteiger partial charge in [0.1, 0.15) is 17.1 Å². The van der Waals surface area contributed by atoms with Crippen LogP contribution in [-0.4, -0.2) is 15.5 Å². The van der Waals surface area contributed by atoms with Gasteiger partial charge in [-0.25, -0.2) is 4.98 Å². The van der Waals surface area contributed by atoms with Crippen molar-refractivity contribution in [2.24, 2.45) is 10.2 Å². The van der Waals surface area contributed by atoms with Gasteiger partial charge in [0.2, 0.25) is 5.91 Å². The number of azo groups is 1. The Bertz CT molecular complexity index is 1310. The smallest absolute Gasteiger partial charge is 0.262 e. The predicted octanol–water partition coefficient (Wildman–Crippen LogP) is 5.13. The van der Waals surface area contributed by atoms with Crippen molar-refractivity contribution in [3.63, 3.8) is 0 Å². The number of hydrogen-bond donors (Lipinski definition) is 1. The Balaban J connectivity index is 1.54. The molecule has 30 heavy (non-hydrogen) atoms. The van der Waals surface area contributed by atoms with Crippen LogP contribution in [0.15, 0.2) is 75.3 Å². The van der Waals surface area contributed by atoms with E-state index in [9.17, 15) is 9.59 Å². The Labute approximate surface area is 176 Å². The number of anilines is 1. The fourth-order valence-electron chi connectivity index (χ4n) is 2.90. The minimum Gasteiger partial charge on any atom is -0.323 e. The molecule has 4 aromatic rings. The van der Waals surface area contributed by atoms with E-state index >= 15 is 0 Å². The van der Waals surface area contributed by atoms with E-state index in [1.165, 1.54) is 22.2 Å². The molecule has 0 saturated carbocycles. The molecule has 0 aliphatic heterocycles. The second-order valence-corrected chi connectivity index (χ2v) is 7.82. The lowest BCUT2D eigenvalue weighted by atomic mass is 10.2. The minimum atomic E-state index is -0.343. The molecule has 0 atom stereocenters. The third-order valence-electron chi connectivity index (χ3n) is 4.50. The van der Waals surface area contributed by atoms with Crippen molar-refractivity contribution < 1.29 is 4.79 Å². The number of carbonyl (C=O) groups excluding carboxylic acids is 1. The van der Waals surface area contributed by atoms with Crippen molar-refractivity contribution in [3.8, 4) is 0 Å². The van der Waals surface area contributed by atoms with Crippen LogP contribution in [0.1, 0.15) is 11.1 Å². The highest BCUT2D eigenvalue weighted by atomic mass is 32.1. The van der Waals surface area contributed by atoms with E-state index in [-0.39, 0.29) is 18.0 Å². The van der Waals surface area contributed by atoms with E-state index in [4.69, 9.17) is 0 Å². The van der Waals surface area contributed by atoms with Crippen LogP contribution in [0, 0.1) is 13.8 Å². The molecule has 0 spiro atoms. The lowest BCUT2D eigenvalue weighted by Gasteiger charge is -2.10. The molecule has 8 heteroatoms. The second kappa shape index (κ2) is 8.38. The standard InChI is InChI=1S/C22H19N5O2S/c1-14-3-6-16(7-4-14)25-26-19-11-15(2)5-8-18(19)24-20(28)12-27-13-23-21-17(22(27)29)9-10-30-21/h3-11,13H,12H2,1-2H3,(H,24,28). The third kappa shape index (κ3) is 4.33. The summed E-state index contributed by atoms with van der Waals surface area (Å²) in [4.78, 5) is 30.0. The number of hydrogen-bond acceptors (Lipinski definition) is 6. The van der Waals surface area contributed by atoms with Gasteiger partial charge >= 0.3 is 0 Å². The maximum absolute atomic E-state index is 12.6. The Morgan fingerprint density at radius 3 is 2.63 bits per heavy atom. The number of fused-ring (bicyclic) bond motifs is 1. The summed E-state index contributed by atoms with van der Waals surface area (Å²) in [6, 6.07) is 14.9. The van der Waals surface area contributed by atoms with Crippen LogP contribution in [0.4, 0.5) is 17.1 Å². The predicted molar refractivity (Wildman–Crippen MR) is 119 cm³/mol. The maximum atomic E-state index is 12.6. The van der Waals surface area contributed by atoms with Crippen LogP contribution < -0.4 is 10.9 Å². The van der Waals surface area contributed by atoms with Crippen molar-refractivity contribution in [2.45, 2.75) is 20.4 Å². The molecule has 0 aliphatic carbocycles. The van der Waals surface area contributed by atoms with Gasteiger partial charge in [-0.1, -0.05) is 23.8 Å². The van der Waals surface area contributed by atoms with E-state index in [1.54, 1.807) is 17.5 Å². The molecular formula is C22H19N5O2S. The number of nitrogens with one attached hydrogen (secondary N) is 1. The van der Waals surface area contributed by atoms with Crippen LogP contribution in [0.25, 0.3) is 10.2 Å². The normalized spacial score (nSPS) is 11.3. The van der Waals surface area contributed by atoms with Gasteiger partial charge in [0.15, 0.2) is 0 Å². The molecule has 2 aromatic heterocycles. The largest absolute Gasteiger partial charge is 0.323 e. The molecule has 0 bridgehead atoms. The third-order valence-corrected chi connectivity index (χ3v) is 5.32. The number of aryl methyl sites for hydroxylation is 2. The van der Waals surface area contributed by atoms with Crippen LogP contribution in [0.3, 0.4) is 0 Å². The van der Waals surface area contributed by atoms with E-state index in [0.717, 1.165) is 16.8 Å². The van der Waals surface area contributed by atoms with Crippen molar-refractivity contribution in [1.82, 2.24) is 9.55 Å². The molecule has 0 aliphatic rings. The van der Waals surface area contributed by atoms with Crippen LogP contribution in [0.5, 0.6) is 0 Å². The first-order valence-corrected chi connectivity index (χ1v) is 10.2. The van der Waals surface area contributed by atoms with E-state index in [2.05, 4.69) is 20.5 Å². The molecule has 0 unspecified atom stereocenters. The summed E-state index contributed by atoms with van der Waals surface area (Å²) in [7, 11) is 0. The highest BCUT2D eigenvalue weighted by molar-refractivity contribution is 7.16. The molecule has 0 radical (unpaired) electrons. The molecule has 150 valence electrons. The number of aromatic nitrogens is 2. The molecule has 1 amide bonds. The fraction of sp³-hybridized carbons (Fsp3) is 0.136. The first kappa shape index (κ1) is 19.7. The molecule has 0 fully saturated rings. The number of thiophene rings is 1. The topological polar surface area (TPSA) is 88.7 Å². The fourth-order valence-corrected chi connectivity index (χ4v) is 3.63. The van der Waals surface area contributed by atoms with E-state index in [1.807, 2.05) is 50.2 Å². The van der Waals surface area contributed by atoms with Crippen molar-refractivity contribution in [3.05, 3.63) is 81.7 Å². The Hall–Kier alpha value is -3.65.